The van der Waals surface area contributed by atoms with Crippen molar-refractivity contribution in [1.82, 2.24) is 9.55 Å². The van der Waals surface area contributed by atoms with Crippen molar-refractivity contribution in [3.63, 3.8) is 0 Å². The van der Waals surface area contributed by atoms with E-state index in [2.05, 4.69) is 6.92 Å². The Bertz CT molecular complexity index is 1380. The maximum atomic E-state index is 14.6. The van der Waals surface area contributed by atoms with Crippen LogP contribution in [0.2, 0.25) is 0 Å². The van der Waals surface area contributed by atoms with Gasteiger partial charge in [-0.25, -0.2) is 14.2 Å². The SMILES string of the molecule is CC.CC.CO.Cc1c(F)cc2nc3c(c4c2c1CCC4C)Cn1c-3cc2c(c1=O)COC(=O)C2O. The van der Waals surface area contributed by atoms with Crippen LogP contribution in [0, 0.1) is 12.7 Å². The van der Waals surface area contributed by atoms with Gasteiger partial charge in [-0.3, -0.25) is 4.79 Å². The summed E-state index contributed by atoms with van der Waals surface area (Å²) in [4.78, 5) is 29.7. The summed E-state index contributed by atoms with van der Waals surface area (Å²) in [6.45, 7) is 12.2. The van der Waals surface area contributed by atoms with Gasteiger partial charge in [-0.2, -0.15) is 0 Å². The average Bonchev–Trinajstić information content (AvgIpc) is 3.28. The molecule has 0 bridgehead atoms. The molecule has 3 aliphatic rings. The first-order chi connectivity index (χ1) is 17.4. The number of aliphatic hydroxyl groups is 2. The van der Waals surface area contributed by atoms with Crippen LogP contribution in [0.15, 0.2) is 16.9 Å². The molecule has 8 heteroatoms. The molecule has 4 heterocycles. The van der Waals surface area contributed by atoms with E-state index in [0.29, 0.717) is 34.6 Å². The van der Waals surface area contributed by atoms with Crippen molar-refractivity contribution in [2.24, 2.45) is 0 Å². The Balaban J connectivity index is 0.000000563. The molecule has 0 fully saturated rings. The number of ether oxygens (including phenoxy) is 1. The Labute approximate surface area is 210 Å². The Morgan fingerprint density at radius 2 is 1.75 bits per heavy atom. The minimum absolute atomic E-state index is 0.145. The highest BCUT2D eigenvalue weighted by molar-refractivity contribution is 5.93. The van der Waals surface area contributed by atoms with Gasteiger partial charge in [-0.15, -0.1) is 0 Å². The molecule has 0 radical (unpaired) electrons. The van der Waals surface area contributed by atoms with E-state index >= 15 is 0 Å². The number of pyridine rings is 2. The molecular formula is C28H35FN2O5. The van der Waals surface area contributed by atoms with Gasteiger partial charge < -0.3 is 19.5 Å². The molecule has 194 valence electrons. The number of aliphatic hydroxyl groups excluding tert-OH is 2. The smallest absolute Gasteiger partial charge is 0.340 e. The molecular weight excluding hydrogens is 463 g/mol. The van der Waals surface area contributed by atoms with E-state index in [1.165, 1.54) is 6.07 Å². The normalized spacial score (nSPS) is 18.2. The number of hydrogen-bond donors (Lipinski definition) is 2. The van der Waals surface area contributed by atoms with E-state index in [0.717, 1.165) is 42.0 Å². The summed E-state index contributed by atoms with van der Waals surface area (Å²) in [5.41, 5.74) is 5.84. The van der Waals surface area contributed by atoms with E-state index < -0.39 is 12.1 Å². The van der Waals surface area contributed by atoms with Gasteiger partial charge >= 0.3 is 5.97 Å². The first kappa shape index (κ1) is 27.5. The Morgan fingerprint density at radius 3 is 2.42 bits per heavy atom. The van der Waals surface area contributed by atoms with Crippen molar-refractivity contribution in [2.45, 2.75) is 79.6 Å². The summed E-state index contributed by atoms with van der Waals surface area (Å²) in [5.74, 6) is -0.774. The van der Waals surface area contributed by atoms with Gasteiger partial charge in [0.25, 0.3) is 5.56 Å². The van der Waals surface area contributed by atoms with Crippen LogP contribution in [0.25, 0.3) is 22.3 Å². The quantitative estimate of drug-likeness (QED) is 0.342. The van der Waals surface area contributed by atoms with Crippen molar-refractivity contribution in [2.75, 3.05) is 7.11 Å². The number of esters is 1. The first-order valence-corrected chi connectivity index (χ1v) is 12.6. The number of benzene rings is 1. The molecule has 0 saturated heterocycles. The summed E-state index contributed by atoms with van der Waals surface area (Å²) in [6.07, 6.45) is 0.230. The van der Waals surface area contributed by atoms with Crippen LogP contribution in [0.4, 0.5) is 4.39 Å². The highest BCUT2D eigenvalue weighted by Gasteiger charge is 2.36. The molecule has 2 atom stereocenters. The number of cyclic esters (lactones) is 1. The van der Waals surface area contributed by atoms with Crippen molar-refractivity contribution in [3.05, 3.63) is 61.7 Å². The number of aryl methyl sites for hydroxylation is 1. The van der Waals surface area contributed by atoms with Crippen LogP contribution >= 0.6 is 0 Å². The van der Waals surface area contributed by atoms with Gasteiger partial charge in [0.1, 0.15) is 12.4 Å². The third-order valence-electron chi connectivity index (χ3n) is 6.94. The summed E-state index contributed by atoms with van der Waals surface area (Å²) >= 11 is 0. The molecule has 7 nitrogen and oxygen atoms in total. The molecule has 0 amide bonds. The second-order valence-electron chi connectivity index (χ2n) is 8.51. The summed E-state index contributed by atoms with van der Waals surface area (Å²) in [7, 11) is 1.00. The molecule has 0 saturated carbocycles. The van der Waals surface area contributed by atoms with Crippen molar-refractivity contribution < 1.29 is 24.1 Å². The second kappa shape index (κ2) is 10.9. The van der Waals surface area contributed by atoms with Crippen LogP contribution in [0.3, 0.4) is 0 Å². The Hall–Kier alpha value is -3.10. The first-order valence-electron chi connectivity index (χ1n) is 12.6. The number of carbonyl (C=O) groups is 1. The lowest BCUT2D eigenvalue weighted by Crippen LogP contribution is -2.32. The highest BCUT2D eigenvalue weighted by Crippen LogP contribution is 2.45. The van der Waals surface area contributed by atoms with Gasteiger partial charge in [0.2, 0.25) is 0 Å². The largest absolute Gasteiger partial charge is 0.458 e. The topological polar surface area (TPSA) is 102 Å². The number of hydrogen-bond acceptors (Lipinski definition) is 6. The zero-order chi connectivity index (χ0) is 26.9. The van der Waals surface area contributed by atoms with Gasteiger partial charge in [0.15, 0.2) is 6.10 Å². The van der Waals surface area contributed by atoms with E-state index in [4.69, 9.17) is 14.8 Å². The molecule has 36 heavy (non-hydrogen) atoms. The fourth-order valence-electron chi connectivity index (χ4n) is 5.33. The van der Waals surface area contributed by atoms with E-state index in [1.807, 2.05) is 34.6 Å². The number of halogens is 1. The predicted octanol–water partition coefficient (Wildman–Crippen LogP) is 4.67. The number of fused-ring (bicyclic) bond motifs is 5. The monoisotopic (exact) mass is 498 g/mol. The van der Waals surface area contributed by atoms with E-state index in [9.17, 15) is 19.1 Å². The maximum Gasteiger partial charge on any atom is 0.340 e. The van der Waals surface area contributed by atoms with Gasteiger partial charge in [-0.1, -0.05) is 34.6 Å². The van der Waals surface area contributed by atoms with Crippen LogP contribution in [0.5, 0.6) is 0 Å². The molecule has 1 aromatic carbocycles. The predicted molar refractivity (Wildman–Crippen MR) is 138 cm³/mol. The minimum atomic E-state index is -1.49. The van der Waals surface area contributed by atoms with E-state index in [1.54, 1.807) is 10.6 Å². The van der Waals surface area contributed by atoms with Crippen molar-refractivity contribution in [3.8, 4) is 11.4 Å². The van der Waals surface area contributed by atoms with Crippen LogP contribution < -0.4 is 5.56 Å². The number of aromatic nitrogens is 2. The van der Waals surface area contributed by atoms with Gasteiger partial charge in [-0.05, 0) is 48.4 Å². The second-order valence-corrected chi connectivity index (χ2v) is 8.51. The van der Waals surface area contributed by atoms with Crippen LogP contribution in [-0.2, 0) is 29.1 Å². The lowest BCUT2D eigenvalue weighted by Gasteiger charge is -2.26. The molecule has 1 aliphatic carbocycles. The molecule has 2 aliphatic heterocycles. The highest BCUT2D eigenvalue weighted by atomic mass is 19.1. The zero-order valence-electron chi connectivity index (χ0n) is 22.0. The zero-order valence-corrected chi connectivity index (χ0v) is 22.0. The number of carbonyl (C=O) groups excluding carboxylic acids is 1. The average molecular weight is 499 g/mol. The Morgan fingerprint density at radius 1 is 1.08 bits per heavy atom. The third kappa shape index (κ3) is 4.02. The fourth-order valence-corrected chi connectivity index (χ4v) is 5.33. The molecule has 2 unspecified atom stereocenters. The number of nitrogens with zero attached hydrogens (tertiary/aromatic N) is 2. The third-order valence-corrected chi connectivity index (χ3v) is 6.94. The lowest BCUT2D eigenvalue weighted by molar-refractivity contribution is -0.157. The summed E-state index contributed by atoms with van der Waals surface area (Å²) in [6, 6.07) is 3.14. The molecule has 2 aromatic heterocycles. The number of rotatable bonds is 0. The summed E-state index contributed by atoms with van der Waals surface area (Å²) in [5, 5.41) is 18.3. The minimum Gasteiger partial charge on any atom is -0.458 e. The standard InChI is InChI=1S/C23H19FN2O4.2C2H6.CH4O/c1-9-3-4-11-10(2)15(24)6-16-19(11)18(9)13-7-26-17(20(13)25-16)5-12-14(22(26)28)8-30-23(29)21(12)27;3*1-2/h5-6,9,21,27H,3-4,7-8H2,1-2H3;2*1-2H3;2H,1H3. The van der Waals surface area contributed by atoms with Crippen molar-refractivity contribution in [1.29, 1.82) is 0 Å². The fraction of sp³-hybridized carbons (Fsp3) is 0.464. The molecule has 2 N–H and O–H groups in total. The summed E-state index contributed by atoms with van der Waals surface area (Å²) < 4.78 is 21.2. The molecule has 0 spiro atoms. The maximum absolute atomic E-state index is 14.6. The van der Waals surface area contributed by atoms with Gasteiger partial charge in [0, 0.05) is 29.7 Å². The van der Waals surface area contributed by atoms with E-state index in [-0.39, 0.29) is 29.5 Å². The van der Waals surface area contributed by atoms with Gasteiger partial charge in [0.05, 0.1) is 29.0 Å². The molecule has 6 rings (SSSR count). The van der Waals surface area contributed by atoms with Crippen LogP contribution in [0.1, 0.15) is 86.4 Å². The Kier molecular flexibility index (Phi) is 8.31. The lowest BCUT2D eigenvalue weighted by atomic mass is 9.79. The van der Waals surface area contributed by atoms with Crippen LogP contribution in [-0.4, -0.2) is 32.8 Å². The molecule has 3 aromatic rings. The van der Waals surface area contributed by atoms with Crippen molar-refractivity contribution >= 4 is 16.9 Å².